The molecule has 3 aromatic rings. The summed E-state index contributed by atoms with van der Waals surface area (Å²) in [6.45, 7) is 1.95. The van der Waals surface area contributed by atoms with Crippen LogP contribution in [0, 0.1) is 18.7 Å². The smallest absolute Gasteiger partial charge is 0.229 e. The number of hydrogen-bond donors (Lipinski definition) is 1. The maximum Gasteiger partial charge on any atom is 0.229 e. The largest absolute Gasteiger partial charge is 0.302 e. The second-order valence-corrected chi connectivity index (χ2v) is 7.48. The van der Waals surface area contributed by atoms with Crippen molar-refractivity contribution in [2.24, 2.45) is 5.92 Å². The number of carbonyl (C=O) groups is 1. The maximum absolute atomic E-state index is 13.1. The Labute approximate surface area is 149 Å². The summed E-state index contributed by atoms with van der Waals surface area (Å²) < 4.78 is 13.1. The molecule has 2 atom stereocenters. The van der Waals surface area contributed by atoms with Gasteiger partial charge in [0.1, 0.15) is 5.82 Å². The third kappa shape index (κ3) is 3.33. The van der Waals surface area contributed by atoms with Crippen molar-refractivity contribution in [3.05, 3.63) is 70.9 Å². The highest BCUT2D eigenvalue weighted by Crippen LogP contribution is 2.48. The zero-order chi connectivity index (χ0) is 17.4. The van der Waals surface area contributed by atoms with Gasteiger partial charge in [-0.3, -0.25) is 4.79 Å². The predicted octanol–water partition coefficient (Wildman–Crippen LogP) is 5.00. The standard InChI is InChI=1S/C20H17FN2OS/c1-12-18(14-7-9-15(21)10-8-14)22-20(25-12)23-19(24)17-11-16(17)13-5-3-2-4-6-13/h2-10,16-17H,11H2,1H3,(H,22,23,24)/t16-,17+/m1/s1. The number of aryl methyl sites for hydroxylation is 1. The molecule has 0 saturated heterocycles. The Bertz CT molecular complexity index is 905. The van der Waals surface area contributed by atoms with Crippen LogP contribution in [0.5, 0.6) is 0 Å². The van der Waals surface area contributed by atoms with Crippen LogP contribution in [0.4, 0.5) is 9.52 Å². The molecule has 1 aromatic heterocycles. The van der Waals surface area contributed by atoms with Gasteiger partial charge in [-0.2, -0.15) is 0 Å². The summed E-state index contributed by atoms with van der Waals surface area (Å²) in [7, 11) is 0. The lowest BCUT2D eigenvalue weighted by Gasteiger charge is -2.01. The molecule has 25 heavy (non-hydrogen) atoms. The molecule has 0 radical (unpaired) electrons. The fraction of sp³-hybridized carbons (Fsp3) is 0.200. The second kappa shape index (κ2) is 6.41. The van der Waals surface area contributed by atoms with Gasteiger partial charge in [0, 0.05) is 16.4 Å². The molecule has 1 amide bonds. The molecular weight excluding hydrogens is 335 g/mol. The molecule has 0 aliphatic heterocycles. The zero-order valence-corrected chi connectivity index (χ0v) is 14.5. The Kier molecular flexibility index (Phi) is 4.09. The fourth-order valence-electron chi connectivity index (χ4n) is 3.08. The number of benzene rings is 2. The zero-order valence-electron chi connectivity index (χ0n) is 13.7. The minimum atomic E-state index is -0.272. The summed E-state index contributed by atoms with van der Waals surface area (Å²) in [6, 6.07) is 16.4. The lowest BCUT2D eigenvalue weighted by atomic mass is 10.1. The minimum absolute atomic E-state index is 0.0147. The molecule has 3 nitrogen and oxygen atoms in total. The van der Waals surface area contributed by atoms with E-state index in [4.69, 9.17) is 0 Å². The van der Waals surface area contributed by atoms with E-state index < -0.39 is 0 Å². The van der Waals surface area contributed by atoms with Crippen LogP contribution in [0.25, 0.3) is 11.3 Å². The molecule has 0 bridgehead atoms. The predicted molar refractivity (Wildman–Crippen MR) is 98.2 cm³/mol. The van der Waals surface area contributed by atoms with Crippen LogP contribution in [-0.2, 0) is 4.79 Å². The highest BCUT2D eigenvalue weighted by Gasteiger charge is 2.44. The van der Waals surface area contributed by atoms with Crippen molar-refractivity contribution >= 4 is 22.4 Å². The monoisotopic (exact) mass is 352 g/mol. The van der Waals surface area contributed by atoms with Gasteiger partial charge in [-0.15, -0.1) is 11.3 Å². The maximum atomic E-state index is 13.1. The average Bonchev–Trinajstić information content (AvgIpc) is 3.35. The third-order valence-corrected chi connectivity index (χ3v) is 5.39. The van der Waals surface area contributed by atoms with E-state index in [0.29, 0.717) is 11.0 Å². The van der Waals surface area contributed by atoms with Crippen molar-refractivity contribution in [1.29, 1.82) is 0 Å². The second-order valence-electron chi connectivity index (χ2n) is 6.28. The Morgan fingerprint density at radius 3 is 2.60 bits per heavy atom. The molecule has 1 heterocycles. The molecule has 0 unspecified atom stereocenters. The van der Waals surface area contributed by atoms with Crippen molar-refractivity contribution in [3.63, 3.8) is 0 Å². The number of amides is 1. The van der Waals surface area contributed by atoms with E-state index in [0.717, 1.165) is 22.6 Å². The van der Waals surface area contributed by atoms with E-state index in [-0.39, 0.29) is 17.6 Å². The lowest BCUT2D eigenvalue weighted by molar-refractivity contribution is -0.117. The molecule has 1 fully saturated rings. The van der Waals surface area contributed by atoms with Gasteiger partial charge in [-0.25, -0.2) is 9.37 Å². The average molecular weight is 352 g/mol. The molecule has 2 aromatic carbocycles. The van der Waals surface area contributed by atoms with Gasteiger partial charge in [0.15, 0.2) is 5.13 Å². The van der Waals surface area contributed by atoms with Crippen molar-refractivity contribution in [2.75, 3.05) is 5.32 Å². The Morgan fingerprint density at radius 1 is 1.16 bits per heavy atom. The van der Waals surface area contributed by atoms with Crippen LogP contribution in [0.3, 0.4) is 0 Å². The van der Waals surface area contributed by atoms with Gasteiger partial charge in [0.2, 0.25) is 5.91 Å². The summed E-state index contributed by atoms with van der Waals surface area (Å²) in [5.41, 5.74) is 2.85. The number of rotatable bonds is 4. The summed E-state index contributed by atoms with van der Waals surface area (Å²) >= 11 is 1.45. The van der Waals surface area contributed by atoms with E-state index in [1.165, 1.54) is 29.0 Å². The topological polar surface area (TPSA) is 42.0 Å². The fourth-order valence-corrected chi connectivity index (χ4v) is 3.92. The van der Waals surface area contributed by atoms with Gasteiger partial charge < -0.3 is 5.32 Å². The van der Waals surface area contributed by atoms with Crippen LogP contribution in [0.1, 0.15) is 22.8 Å². The number of anilines is 1. The van der Waals surface area contributed by atoms with Crippen molar-refractivity contribution in [1.82, 2.24) is 4.98 Å². The summed E-state index contributed by atoms with van der Waals surface area (Å²) in [5, 5.41) is 3.54. The first-order valence-electron chi connectivity index (χ1n) is 8.21. The Balaban J connectivity index is 1.46. The van der Waals surface area contributed by atoms with E-state index >= 15 is 0 Å². The lowest BCUT2D eigenvalue weighted by Crippen LogP contribution is -2.14. The number of carbonyl (C=O) groups excluding carboxylic acids is 1. The van der Waals surface area contributed by atoms with Crippen molar-refractivity contribution in [3.8, 4) is 11.3 Å². The van der Waals surface area contributed by atoms with Gasteiger partial charge in [-0.1, -0.05) is 30.3 Å². The molecule has 1 saturated carbocycles. The van der Waals surface area contributed by atoms with Crippen molar-refractivity contribution in [2.45, 2.75) is 19.3 Å². The van der Waals surface area contributed by atoms with E-state index in [1.807, 2.05) is 25.1 Å². The van der Waals surface area contributed by atoms with Gasteiger partial charge in [0.05, 0.1) is 5.69 Å². The number of aromatic nitrogens is 1. The van der Waals surface area contributed by atoms with E-state index in [2.05, 4.69) is 22.4 Å². The van der Waals surface area contributed by atoms with Gasteiger partial charge in [-0.05, 0) is 49.1 Å². The number of halogens is 1. The first kappa shape index (κ1) is 16.0. The number of nitrogens with zero attached hydrogens (tertiary/aromatic N) is 1. The molecule has 1 N–H and O–H groups in total. The van der Waals surface area contributed by atoms with Crippen LogP contribution < -0.4 is 5.32 Å². The summed E-state index contributed by atoms with van der Waals surface area (Å²) in [4.78, 5) is 18.0. The number of hydrogen-bond acceptors (Lipinski definition) is 3. The SMILES string of the molecule is Cc1sc(NC(=O)[C@H]2C[C@@H]2c2ccccc2)nc1-c1ccc(F)cc1. The number of nitrogens with one attached hydrogen (secondary N) is 1. The van der Waals surface area contributed by atoms with Gasteiger partial charge in [0.25, 0.3) is 0 Å². The molecule has 1 aliphatic rings. The summed E-state index contributed by atoms with van der Waals surface area (Å²) in [5.74, 6) is 0.0683. The molecule has 0 spiro atoms. The van der Waals surface area contributed by atoms with Crippen LogP contribution in [0.15, 0.2) is 54.6 Å². The highest BCUT2D eigenvalue weighted by atomic mass is 32.1. The molecule has 126 valence electrons. The molecular formula is C20H17FN2OS. The molecule has 5 heteroatoms. The van der Waals surface area contributed by atoms with Crippen LogP contribution in [-0.4, -0.2) is 10.9 Å². The quantitative estimate of drug-likeness (QED) is 0.718. The molecule has 4 rings (SSSR count). The van der Waals surface area contributed by atoms with E-state index in [1.54, 1.807) is 12.1 Å². The third-order valence-electron chi connectivity index (χ3n) is 4.50. The molecule has 1 aliphatic carbocycles. The van der Waals surface area contributed by atoms with E-state index in [9.17, 15) is 9.18 Å². The van der Waals surface area contributed by atoms with Crippen LogP contribution in [0.2, 0.25) is 0 Å². The van der Waals surface area contributed by atoms with Crippen molar-refractivity contribution < 1.29 is 9.18 Å². The van der Waals surface area contributed by atoms with Gasteiger partial charge >= 0.3 is 0 Å². The Morgan fingerprint density at radius 2 is 1.88 bits per heavy atom. The highest BCUT2D eigenvalue weighted by molar-refractivity contribution is 7.16. The first-order chi connectivity index (χ1) is 12.1. The normalized spacial score (nSPS) is 18.8. The summed E-state index contributed by atoms with van der Waals surface area (Å²) in [6.07, 6.45) is 0.880. The Hall–Kier alpha value is -2.53. The first-order valence-corrected chi connectivity index (χ1v) is 9.02. The van der Waals surface area contributed by atoms with Crippen LogP contribution >= 0.6 is 11.3 Å². The minimum Gasteiger partial charge on any atom is -0.302 e. The number of thiazole rings is 1.